The molecule has 0 aromatic rings. The van der Waals surface area contributed by atoms with Gasteiger partial charge in [-0.15, -0.1) is 0 Å². The monoisotopic (exact) mass is 228 g/mol. The Morgan fingerprint density at radius 3 is 2.31 bits per heavy atom. The number of carbonyl (C=O) groups is 1. The van der Waals surface area contributed by atoms with Crippen molar-refractivity contribution in [3.63, 3.8) is 0 Å². The van der Waals surface area contributed by atoms with Gasteiger partial charge in [0, 0.05) is 19.1 Å². The maximum Gasteiger partial charge on any atom is 0.305 e. The van der Waals surface area contributed by atoms with E-state index in [0.29, 0.717) is 12.0 Å². The fraction of sp³-hybridized carbons (Fsp3) is 0.917. The van der Waals surface area contributed by atoms with Crippen LogP contribution in [0.25, 0.3) is 0 Å². The summed E-state index contributed by atoms with van der Waals surface area (Å²) in [6.45, 7) is 8.08. The summed E-state index contributed by atoms with van der Waals surface area (Å²) >= 11 is 0. The fourth-order valence-corrected chi connectivity index (χ4v) is 2.59. The first kappa shape index (κ1) is 13.5. The van der Waals surface area contributed by atoms with E-state index >= 15 is 0 Å². The largest absolute Gasteiger partial charge is 0.481 e. The SMILES string of the molecule is CCC(CC)C(C)NC1(CC(=O)O)CNC1. The van der Waals surface area contributed by atoms with E-state index in [1.165, 1.54) is 0 Å². The van der Waals surface area contributed by atoms with E-state index in [-0.39, 0.29) is 12.0 Å². The molecule has 1 atom stereocenters. The predicted molar refractivity (Wildman–Crippen MR) is 64.5 cm³/mol. The number of rotatable bonds is 7. The second kappa shape index (κ2) is 5.64. The van der Waals surface area contributed by atoms with Gasteiger partial charge < -0.3 is 15.7 Å². The molecule has 16 heavy (non-hydrogen) atoms. The number of hydrogen-bond donors (Lipinski definition) is 3. The summed E-state index contributed by atoms with van der Waals surface area (Å²) in [6, 6.07) is 0.386. The van der Waals surface area contributed by atoms with Crippen molar-refractivity contribution < 1.29 is 9.90 Å². The molecule has 0 amide bonds. The van der Waals surface area contributed by atoms with E-state index in [0.717, 1.165) is 25.9 Å². The van der Waals surface area contributed by atoms with Crippen molar-refractivity contribution in [1.29, 1.82) is 0 Å². The van der Waals surface area contributed by atoms with Crippen molar-refractivity contribution in [2.75, 3.05) is 13.1 Å². The molecule has 0 radical (unpaired) electrons. The molecular formula is C12H24N2O2. The van der Waals surface area contributed by atoms with E-state index in [1.807, 2.05) is 0 Å². The molecule has 1 rings (SSSR count). The molecule has 1 unspecified atom stereocenters. The van der Waals surface area contributed by atoms with Gasteiger partial charge >= 0.3 is 5.97 Å². The van der Waals surface area contributed by atoms with Crippen LogP contribution >= 0.6 is 0 Å². The van der Waals surface area contributed by atoms with Crippen LogP contribution in [0.2, 0.25) is 0 Å². The summed E-state index contributed by atoms with van der Waals surface area (Å²) in [7, 11) is 0. The van der Waals surface area contributed by atoms with Crippen molar-refractivity contribution in [2.24, 2.45) is 5.92 Å². The molecule has 3 N–H and O–H groups in total. The predicted octanol–water partition coefficient (Wildman–Crippen LogP) is 1.22. The number of carboxylic acid groups (broad SMARTS) is 1. The molecule has 1 fully saturated rings. The van der Waals surface area contributed by atoms with Crippen LogP contribution in [0.15, 0.2) is 0 Å². The Morgan fingerprint density at radius 2 is 2.00 bits per heavy atom. The Bertz CT molecular complexity index is 235. The first-order chi connectivity index (χ1) is 7.53. The lowest BCUT2D eigenvalue weighted by Crippen LogP contribution is -2.70. The van der Waals surface area contributed by atoms with E-state index < -0.39 is 5.97 Å². The van der Waals surface area contributed by atoms with Crippen LogP contribution in [0.4, 0.5) is 0 Å². The van der Waals surface area contributed by atoms with Crippen LogP contribution < -0.4 is 10.6 Å². The third-order valence-electron chi connectivity index (χ3n) is 3.71. The highest BCUT2D eigenvalue weighted by atomic mass is 16.4. The molecular weight excluding hydrogens is 204 g/mol. The van der Waals surface area contributed by atoms with Gasteiger partial charge in [-0.3, -0.25) is 4.79 Å². The Hall–Kier alpha value is -0.610. The van der Waals surface area contributed by atoms with Crippen molar-refractivity contribution in [1.82, 2.24) is 10.6 Å². The van der Waals surface area contributed by atoms with Gasteiger partial charge in [0.1, 0.15) is 0 Å². The van der Waals surface area contributed by atoms with E-state index in [4.69, 9.17) is 5.11 Å². The van der Waals surface area contributed by atoms with E-state index in [9.17, 15) is 4.79 Å². The molecule has 1 heterocycles. The molecule has 0 aromatic carbocycles. The number of hydrogen-bond acceptors (Lipinski definition) is 3. The maximum atomic E-state index is 10.8. The topological polar surface area (TPSA) is 61.4 Å². The zero-order valence-electron chi connectivity index (χ0n) is 10.5. The minimum Gasteiger partial charge on any atom is -0.481 e. The lowest BCUT2D eigenvalue weighted by atomic mass is 9.85. The van der Waals surface area contributed by atoms with Crippen molar-refractivity contribution in [2.45, 2.75) is 51.6 Å². The van der Waals surface area contributed by atoms with Crippen LogP contribution in [0.5, 0.6) is 0 Å². The first-order valence-electron chi connectivity index (χ1n) is 6.23. The van der Waals surface area contributed by atoms with E-state index in [2.05, 4.69) is 31.4 Å². The second-order valence-corrected chi connectivity index (χ2v) is 4.96. The van der Waals surface area contributed by atoms with Gasteiger partial charge in [-0.2, -0.15) is 0 Å². The smallest absolute Gasteiger partial charge is 0.305 e. The molecule has 1 aliphatic heterocycles. The summed E-state index contributed by atoms with van der Waals surface area (Å²) in [5.74, 6) is -0.0861. The molecule has 4 heteroatoms. The molecule has 0 aromatic heterocycles. The van der Waals surface area contributed by atoms with Crippen molar-refractivity contribution in [3.05, 3.63) is 0 Å². The molecule has 0 aliphatic carbocycles. The summed E-state index contributed by atoms with van der Waals surface area (Å²) in [5, 5.41) is 15.6. The number of nitrogens with one attached hydrogen (secondary N) is 2. The molecule has 0 saturated carbocycles. The van der Waals surface area contributed by atoms with Crippen LogP contribution in [0.3, 0.4) is 0 Å². The lowest BCUT2D eigenvalue weighted by molar-refractivity contribution is -0.139. The molecule has 4 nitrogen and oxygen atoms in total. The third kappa shape index (κ3) is 3.19. The van der Waals surface area contributed by atoms with Gasteiger partial charge in [0.2, 0.25) is 0 Å². The molecule has 0 spiro atoms. The summed E-state index contributed by atoms with van der Waals surface area (Å²) in [5.41, 5.74) is -0.214. The Labute approximate surface area is 97.8 Å². The quantitative estimate of drug-likeness (QED) is 0.613. The minimum absolute atomic E-state index is 0.213. The summed E-state index contributed by atoms with van der Waals surface area (Å²) in [4.78, 5) is 10.8. The van der Waals surface area contributed by atoms with Gasteiger partial charge in [0.15, 0.2) is 0 Å². The van der Waals surface area contributed by atoms with Crippen LogP contribution in [-0.2, 0) is 4.79 Å². The maximum absolute atomic E-state index is 10.8. The number of aliphatic carboxylic acids is 1. The van der Waals surface area contributed by atoms with Gasteiger partial charge in [-0.25, -0.2) is 0 Å². The molecule has 1 aliphatic rings. The Morgan fingerprint density at radius 1 is 1.44 bits per heavy atom. The number of carboxylic acids is 1. The highest BCUT2D eigenvalue weighted by molar-refractivity contribution is 5.68. The first-order valence-corrected chi connectivity index (χ1v) is 6.23. The van der Waals surface area contributed by atoms with Crippen LogP contribution in [-0.4, -0.2) is 35.7 Å². The molecule has 1 saturated heterocycles. The third-order valence-corrected chi connectivity index (χ3v) is 3.71. The van der Waals surface area contributed by atoms with Crippen LogP contribution in [0.1, 0.15) is 40.0 Å². The normalized spacial score (nSPS) is 20.5. The van der Waals surface area contributed by atoms with Gasteiger partial charge in [-0.1, -0.05) is 26.7 Å². The zero-order chi connectivity index (χ0) is 12.2. The Kier molecular flexibility index (Phi) is 4.74. The fourth-order valence-electron chi connectivity index (χ4n) is 2.59. The lowest BCUT2D eigenvalue weighted by Gasteiger charge is -2.45. The Balaban J connectivity index is 2.52. The standard InChI is InChI=1S/C12H24N2O2/c1-4-10(5-2)9(3)14-12(6-11(15)16)7-13-8-12/h9-10,13-14H,4-8H2,1-3H3,(H,15,16). The molecule has 94 valence electrons. The second-order valence-electron chi connectivity index (χ2n) is 4.96. The summed E-state index contributed by atoms with van der Waals surface area (Å²) in [6.07, 6.45) is 2.49. The minimum atomic E-state index is -0.717. The van der Waals surface area contributed by atoms with Crippen molar-refractivity contribution >= 4 is 5.97 Å². The van der Waals surface area contributed by atoms with Crippen molar-refractivity contribution in [3.8, 4) is 0 Å². The summed E-state index contributed by atoms with van der Waals surface area (Å²) < 4.78 is 0. The molecule has 0 bridgehead atoms. The van der Waals surface area contributed by atoms with E-state index in [1.54, 1.807) is 0 Å². The average molecular weight is 228 g/mol. The van der Waals surface area contributed by atoms with Gasteiger partial charge in [0.05, 0.1) is 12.0 Å². The van der Waals surface area contributed by atoms with Gasteiger partial charge in [0.25, 0.3) is 0 Å². The van der Waals surface area contributed by atoms with Gasteiger partial charge in [-0.05, 0) is 12.8 Å². The zero-order valence-corrected chi connectivity index (χ0v) is 10.5. The highest BCUT2D eigenvalue weighted by Crippen LogP contribution is 2.21. The highest BCUT2D eigenvalue weighted by Gasteiger charge is 2.40. The van der Waals surface area contributed by atoms with Crippen LogP contribution in [0, 0.1) is 5.92 Å². The average Bonchev–Trinajstić information content (AvgIpc) is 2.15.